The molecule has 0 aliphatic carbocycles. The van der Waals surface area contributed by atoms with Crippen molar-refractivity contribution < 1.29 is 32.2 Å². The second-order valence-corrected chi connectivity index (χ2v) is 9.01. The molecule has 10 heteroatoms. The molecule has 3 rings (SSSR count). The van der Waals surface area contributed by atoms with Gasteiger partial charge in [0.25, 0.3) is 0 Å². The van der Waals surface area contributed by atoms with Gasteiger partial charge >= 0.3 is 12.5 Å². The van der Waals surface area contributed by atoms with Gasteiger partial charge in [-0.15, -0.1) is 13.2 Å². The van der Waals surface area contributed by atoms with Crippen molar-refractivity contribution in [3.63, 3.8) is 0 Å². The summed E-state index contributed by atoms with van der Waals surface area (Å²) in [6, 6.07) is 7.09. The van der Waals surface area contributed by atoms with Crippen LogP contribution in [0.2, 0.25) is 0 Å². The molecule has 7 nitrogen and oxygen atoms in total. The van der Waals surface area contributed by atoms with Crippen LogP contribution in [0.1, 0.15) is 51.9 Å². The van der Waals surface area contributed by atoms with Gasteiger partial charge in [0.05, 0.1) is 11.7 Å². The van der Waals surface area contributed by atoms with E-state index in [-0.39, 0.29) is 30.4 Å². The summed E-state index contributed by atoms with van der Waals surface area (Å²) in [6.45, 7) is 9.72. The van der Waals surface area contributed by atoms with Gasteiger partial charge in [0.15, 0.2) is 0 Å². The van der Waals surface area contributed by atoms with Crippen LogP contribution >= 0.6 is 0 Å². The Morgan fingerprint density at radius 1 is 1.21 bits per heavy atom. The van der Waals surface area contributed by atoms with Gasteiger partial charge in [-0.2, -0.15) is 0 Å². The lowest BCUT2D eigenvalue weighted by molar-refractivity contribution is -0.274. The van der Waals surface area contributed by atoms with Crippen LogP contribution in [0.3, 0.4) is 0 Å². The van der Waals surface area contributed by atoms with E-state index in [1.54, 1.807) is 18.3 Å². The number of carbonyl (C=O) groups excluding carboxylic acids is 1. The number of alkyl halides is 3. The van der Waals surface area contributed by atoms with E-state index in [0.29, 0.717) is 23.6 Å². The maximum absolute atomic E-state index is 12.5. The van der Waals surface area contributed by atoms with E-state index in [1.165, 1.54) is 23.1 Å². The minimum Gasteiger partial charge on any atom is -0.447 e. The van der Waals surface area contributed by atoms with Crippen LogP contribution in [0, 0.1) is 0 Å². The van der Waals surface area contributed by atoms with E-state index >= 15 is 0 Å². The van der Waals surface area contributed by atoms with Crippen LogP contribution < -0.4 is 9.64 Å². The molecular weight excluding hydrogens is 439 g/mol. The Hall–Kier alpha value is -2.88. The van der Waals surface area contributed by atoms with E-state index in [2.05, 4.69) is 14.7 Å². The third-order valence-corrected chi connectivity index (χ3v) is 5.07. The molecule has 1 aromatic heterocycles. The molecule has 0 N–H and O–H groups in total. The Balaban J connectivity index is 1.76. The molecular formula is C23H28F3N3O4. The van der Waals surface area contributed by atoms with Crippen molar-refractivity contribution >= 4 is 11.9 Å². The number of rotatable bonds is 7. The van der Waals surface area contributed by atoms with Gasteiger partial charge in [0.2, 0.25) is 0 Å². The molecule has 0 radical (unpaired) electrons. The van der Waals surface area contributed by atoms with Crippen molar-refractivity contribution in [1.29, 1.82) is 0 Å². The number of hydrogen-bond donors (Lipinski definition) is 0. The van der Waals surface area contributed by atoms with E-state index < -0.39 is 18.1 Å². The lowest BCUT2D eigenvalue weighted by Crippen LogP contribution is -2.45. The van der Waals surface area contributed by atoms with Crippen molar-refractivity contribution in [2.45, 2.75) is 71.1 Å². The Kier molecular flexibility index (Phi) is 7.16. The van der Waals surface area contributed by atoms with E-state index in [1.807, 2.05) is 34.6 Å². The number of amides is 1. The number of halogens is 3. The summed E-state index contributed by atoms with van der Waals surface area (Å²) in [4.78, 5) is 22.7. The SMILES string of the molecule is C[C@H](Cc1nccc(N2C(=O)OC[C@@H]2[C@@H](C)OC(C)(C)C)n1)c1cccc(OC(F)(F)F)c1. The monoisotopic (exact) mass is 467 g/mol. The smallest absolute Gasteiger partial charge is 0.447 e. The average molecular weight is 467 g/mol. The largest absolute Gasteiger partial charge is 0.573 e. The first-order valence-electron chi connectivity index (χ1n) is 10.6. The fourth-order valence-corrected chi connectivity index (χ4v) is 3.71. The highest BCUT2D eigenvalue weighted by atomic mass is 19.4. The number of aromatic nitrogens is 2. The van der Waals surface area contributed by atoms with Crippen LogP contribution in [0.4, 0.5) is 23.8 Å². The molecule has 0 saturated carbocycles. The predicted octanol–water partition coefficient (Wildman–Crippen LogP) is 5.25. The van der Waals surface area contributed by atoms with Gasteiger partial charge in [0, 0.05) is 12.6 Å². The molecule has 3 atom stereocenters. The molecule has 2 aromatic rings. The zero-order valence-corrected chi connectivity index (χ0v) is 19.2. The van der Waals surface area contributed by atoms with Gasteiger partial charge in [-0.05, 0) is 57.4 Å². The van der Waals surface area contributed by atoms with Crippen LogP contribution in [-0.2, 0) is 15.9 Å². The molecule has 33 heavy (non-hydrogen) atoms. The molecule has 1 aliphatic heterocycles. The number of hydrogen-bond acceptors (Lipinski definition) is 6. The number of ether oxygens (including phenoxy) is 3. The van der Waals surface area contributed by atoms with Crippen LogP contribution in [0.5, 0.6) is 5.75 Å². The van der Waals surface area contributed by atoms with Crippen LogP contribution in [-0.4, -0.2) is 46.8 Å². The summed E-state index contributed by atoms with van der Waals surface area (Å²) >= 11 is 0. The zero-order valence-electron chi connectivity index (χ0n) is 19.2. The highest BCUT2D eigenvalue weighted by Gasteiger charge is 2.40. The molecule has 1 aliphatic rings. The maximum Gasteiger partial charge on any atom is 0.573 e. The summed E-state index contributed by atoms with van der Waals surface area (Å²) in [5.41, 5.74) is 0.254. The normalized spacial score (nSPS) is 18.7. The molecule has 180 valence electrons. The van der Waals surface area contributed by atoms with E-state index in [0.717, 1.165) is 0 Å². The van der Waals surface area contributed by atoms with Gasteiger partial charge in [-0.3, -0.25) is 4.90 Å². The Labute approximate surface area is 190 Å². The Bertz CT molecular complexity index is 978. The minimum absolute atomic E-state index is 0.178. The highest BCUT2D eigenvalue weighted by Crippen LogP contribution is 2.29. The third-order valence-electron chi connectivity index (χ3n) is 5.07. The van der Waals surface area contributed by atoms with E-state index in [4.69, 9.17) is 9.47 Å². The molecule has 2 heterocycles. The summed E-state index contributed by atoms with van der Waals surface area (Å²) in [7, 11) is 0. The van der Waals surface area contributed by atoms with E-state index in [9.17, 15) is 18.0 Å². The van der Waals surface area contributed by atoms with Crippen LogP contribution in [0.25, 0.3) is 0 Å². The molecule has 1 aromatic carbocycles. The molecule has 1 amide bonds. The first kappa shape index (κ1) is 24.8. The number of anilines is 1. The van der Waals surface area contributed by atoms with Gasteiger partial charge in [0.1, 0.15) is 30.0 Å². The standard InChI is InChI=1S/C23H28F3N3O4/c1-14(16-7-6-8-17(12-16)33-23(24,25)26)11-19-27-10-9-20(28-19)29-18(13-31-21(29)30)15(2)32-22(3,4)5/h6-10,12,14-15,18H,11,13H2,1-5H3/t14-,15-,18-/m1/s1. The lowest BCUT2D eigenvalue weighted by Gasteiger charge is -2.31. The van der Waals surface area contributed by atoms with Crippen molar-refractivity contribution in [1.82, 2.24) is 9.97 Å². The molecule has 1 fully saturated rings. The first-order chi connectivity index (χ1) is 15.3. The average Bonchev–Trinajstić information content (AvgIpc) is 3.07. The zero-order chi connectivity index (χ0) is 24.4. The van der Waals surface area contributed by atoms with Crippen molar-refractivity contribution in [2.24, 2.45) is 0 Å². The molecule has 1 saturated heterocycles. The van der Waals surface area contributed by atoms with Crippen molar-refractivity contribution in [3.05, 3.63) is 47.9 Å². The van der Waals surface area contributed by atoms with Gasteiger partial charge in [-0.1, -0.05) is 19.1 Å². The summed E-state index contributed by atoms with van der Waals surface area (Å²) in [5.74, 6) is 0.363. The second kappa shape index (κ2) is 9.54. The summed E-state index contributed by atoms with van der Waals surface area (Å²) in [5, 5.41) is 0. The summed E-state index contributed by atoms with van der Waals surface area (Å²) < 4.78 is 52.9. The number of benzene rings is 1. The van der Waals surface area contributed by atoms with Gasteiger partial charge < -0.3 is 14.2 Å². The quantitative estimate of drug-likeness (QED) is 0.554. The molecule has 0 spiro atoms. The molecule has 0 bridgehead atoms. The first-order valence-corrected chi connectivity index (χ1v) is 10.6. The maximum atomic E-state index is 12.5. The second-order valence-electron chi connectivity index (χ2n) is 9.01. The molecule has 0 unspecified atom stereocenters. The fraction of sp³-hybridized carbons (Fsp3) is 0.522. The Morgan fingerprint density at radius 3 is 2.61 bits per heavy atom. The fourth-order valence-electron chi connectivity index (χ4n) is 3.71. The highest BCUT2D eigenvalue weighted by molar-refractivity contribution is 5.89. The lowest BCUT2D eigenvalue weighted by atomic mass is 9.97. The number of nitrogens with zero attached hydrogens (tertiary/aromatic N) is 3. The van der Waals surface area contributed by atoms with Crippen LogP contribution in [0.15, 0.2) is 36.5 Å². The number of carbonyl (C=O) groups is 1. The Morgan fingerprint density at radius 2 is 1.94 bits per heavy atom. The summed E-state index contributed by atoms with van der Waals surface area (Å²) in [6.07, 6.45) is -3.67. The van der Waals surface area contributed by atoms with Crippen molar-refractivity contribution in [2.75, 3.05) is 11.5 Å². The number of cyclic esters (lactones) is 1. The predicted molar refractivity (Wildman–Crippen MR) is 115 cm³/mol. The topological polar surface area (TPSA) is 73.8 Å². The third kappa shape index (κ3) is 6.80. The van der Waals surface area contributed by atoms with Gasteiger partial charge in [-0.25, -0.2) is 14.8 Å². The minimum atomic E-state index is -4.76. The van der Waals surface area contributed by atoms with Crippen molar-refractivity contribution in [3.8, 4) is 5.75 Å².